The number of carbonyl (C=O) groups excluding carboxylic acids is 2. The summed E-state index contributed by atoms with van der Waals surface area (Å²) in [6, 6.07) is 11.7. The molecule has 0 spiro atoms. The highest BCUT2D eigenvalue weighted by Gasteiger charge is 2.44. The minimum Gasteiger partial charge on any atom is -0.497 e. The molecule has 1 amide bonds. The molecule has 1 aromatic heterocycles. The molecule has 0 saturated heterocycles. The number of H-pyrrole nitrogens is 1. The molecule has 0 bridgehead atoms. The van der Waals surface area contributed by atoms with Crippen LogP contribution in [0.5, 0.6) is 11.5 Å². The monoisotopic (exact) mass is 442 g/mol. The number of methoxy groups -OCH3 is 3. The van der Waals surface area contributed by atoms with Crippen molar-refractivity contribution in [1.82, 2.24) is 9.88 Å². The maximum absolute atomic E-state index is 13.1. The van der Waals surface area contributed by atoms with Crippen LogP contribution in [0, 0.1) is 0 Å². The van der Waals surface area contributed by atoms with E-state index in [1.807, 2.05) is 30.3 Å². The van der Waals surface area contributed by atoms with Crippen LogP contribution in [0.25, 0.3) is 10.9 Å². The SMILES string of the molecule is COC(=O)[C@@H]1Cc2c([nH]c3ccccc23)[C@H](c2cc(OC)ccc2OC)N1C(=O)CCl. The van der Waals surface area contributed by atoms with Gasteiger partial charge in [-0.15, -0.1) is 11.6 Å². The van der Waals surface area contributed by atoms with Crippen LogP contribution in [0.1, 0.15) is 22.9 Å². The number of carbonyl (C=O) groups is 2. The van der Waals surface area contributed by atoms with Crippen LogP contribution >= 0.6 is 11.6 Å². The van der Waals surface area contributed by atoms with E-state index in [9.17, 15) is 9.59 Å². The second-order valence-electron chi connectivity index (χ2n) is 7.25. The van der Waals surface area contributed by atoms with Crippen LogP contribution in [0.4, 0.5) is 0 Å². The highest BCUT2D eigenvalue weighted by molar-refractivity contribution is 6.27. The van der Waals surface area contributed by atoms with Gasteiger partial charge in [0.1, 0.15) is 29.5 Å². The molecule has 2 heterocycles. The number of fused-ring (bicyclic) bond motifs is 3. The summed E-state index contributed by atoms with van der Waals surface area (Å²) in [5, 5.41) is 0.997. The molecule has 2 aromatic carbocycles. The van der Waals surface area contributed by atoms with E-state index in [-0.39, 0.29) is 11.8 Å². The number of para-hydroxylation sites is 1. The van der Waals surface area contributed by atoms with Gasteiger partial charge in [0.15, 0.2) is 0 Å². The quantitative estimate of drug-likeness (QED) is 0.483. The van der Waals surface area contributed by atoms with Crippen LogP contribution in [0.3, 0.4) is 0 Å². The number of halogens is 1. The van der Waals surface area contributed by atoms with Crippen molar-refractivity contribution >= 4 is 34.4 Å². The molecule has 0 fully saturated rings. The number of alkyl halides is 1. The third-order valence-corrected chi connectivity index (χ3v) is 5.97. The first-order valence-electron chi connectivity index (χ1n) is 9.80. The van der Waals surface area contributed by atoms with Gasteiger partial charge in [-0.25, -0.2) is 4.79 Å². The van der Waals surface area contributed by atoms with Gasteiger partial charge in [0.2, 0.25) is 5.91 Å². The number of esters is 1. The van der Waals surface area contributed by atoms with E-state index < -0.39 is 18.1 Å². The lowest BCUT2D eigenvalue weighted by Crippen LogP contribution is -2.52. The van der Waals surface area contributed by atoms with Crippen molar-refractivity contribution in [3.63, 3.8) is 0 Å². The Morgan fingerprint density at radius 3 is 2.58 bits per heavy atom. The number of nitrogens with one attached hydrogen (secondary N) is 1. The Hall–Kier alpha value is -3.19. The summed E-state index contributed by atoms with van der Waals surface area (Å²) in [7, 11) is 4.45. The Bertz CT molecular complexity index is 1140. The van der Waals surface area contributed by atoms with Gasteiger partial charge in [0.25, 0.3) is 0 Å². The first-order chi connectivity index (χ1) is 15.0. The zero-order valence-electron chi connectivity index (χ0n) is 17.5. The fourth-order valence-electron chi connectivity index (χ4n) is 4.36. The average Bonchev–Trinajstić information content (AvgIpc) is 3.19. The van der Waals surface area contributed by atoms with Crippen LogP contribution in [0.2, 0.25) is 0 Å². The Labute approximate surface area is 184 Å². The first kappa shape index (κ1) is 21.1. The Kier molecular flexibility index (Phi) is 5.78. The molecule has 31 heavy (non-hydrogen) atoms. The number of benzene rings is 2. The third-order valence-electron chi connectivity index (χ3n) is 5.74. The summed E-state index contributed by atoms with van der Waals surface area (Å²) in [5.41, 5.74) is 3.37. The van der Waals surface area contributed by atoms with Gasteiger partial charge in [0, 0.05) is 28.6 Å². The molecule has 7 nitrogen and oxygen atoms in total. The number of amides is 1. The molecule has 0 radical (unpaired) electrons. The smallest absolute Gasteiger partial charge is 0.328 e. The Morgan fingerprint density at radius 1 is 1.13 bits per heavy atom. The minimum absolute atomic E-state index is 0.272. The summed E-state index contributed by atoms with van der Waals surface area (Å²) in [6.45, 7) is 0. The number of aromatic amines is 1. The highest BCUT2D eigenvalue weighted by atomic mass is 35.5. The van der Waals surface area contributed by atoms with Gasteiger partial charge in [-0.3, -0.25) is 4.79 Å². The van der Waals surface area contributed by atoms with Crippen molar-refractivity contribution in [2.24, 2.45) is 0 Å². The average molecular weight is 443 g/mol. The molecule has 2 atom stereocenters. The molecular formula is C23H23ClN2O5. The van der Waals surface area contributed by atoms with Crippen molar-refractivity contribution in [3.05, 3.63) is 59.3 Å². The number of nitrogens with zero attached hydrogens (tertiary/aromatic N) is 1. The van der Waals surface area contributed by atoms with Crippen molar-refractivity contribution < 1.29 is 23.8 Å². The number of rotatable bonds is 5. The molecule has 1 aliphatic heterocycles. The lowest BCUT2D eigenvalue weighted by Gasteiger charge is -2.41. The maximum atomic E-state index is 13.1. The summed E-state index contributed by atoms with van der Waals surface area (Å²) in [6.07, 6.45) is 0.317. The minimum atomic E-state index is -0.830. The Balaban J connectivity index is 2.03. The predicted molar refractivity (Wildman–Crippen MR) is 117 cm³/mol. The standard InChI is InChI=1S/C23H23ClN2O5/c1-29-13-8-9-19(30-2)16(10-13)22-21-15(14-6-4-5-7-17(14)25-21)11-18(23(28)31-3)26(22)20(27)12-24/h4-10,18,22,25H,11-12H2,1-3H3/t18-,22-/m0/s1. The maximum Gasteiger partial charge on any atom is 0.328 e. The van der Waals surface area contributed by atoms with Crippen LogP contribution in [-0.4, -0.2) is 55.0 Å². The number of hydrogen-bond donors (Lipinski definition) is 1. The van der Waals surface area contributed by atoms with Gasteiger partial charge < -0.3 is 24.1 Å². The highest BCUT2D eigenvalue weighted by Crippen LogP contribution is 2.44. The van der Waals surface area contributed by atoms with E-state index in [4.69, 9.17) is 25.8 Å². The van der Waals surface area contributed by atoms with Crippen LogP contribution in [-0.2, 0) is 20.7 Å². The zero-order valence-corrected chi connectivity index (χ0v) is 18.2. The predicted octanol–water partition coefficient (Wildman–Crippen LogP) is 3.44. The first-order valence-corrected chi connectivity index (χ1v) is 10.3. The normalized spacial score (nSPS) is 17.9. The van der Waals surface area contributed by atoms with E-state index in [2.05, 4.69) is 4.98 Å². The van der Waals surface area contributed by atoms with Crippen molar-refractivity contribution in [2.45, 2.75) is 18.5 Å². The molecule has 0 aliphatic carbocycles. The van der Waals surface area contributed by atoms with Gasteiger partial charge >= 0.3 is 5.97 Å². The van der Waals surface area contributed by atoms with Crippen molar-refractivity contribution in [3.8, 4) is 11.5 Å². The summed E-state index contributed by atoms with van der Waals surface area (Å²) in [5.74, 6) is 0.0176. The number of ether oxygens (including phenoxy) is 3. The van der Waals surface area contributed by atoms with Crippen LogP contribution in [0.15, 0.2) is 42.5 Å². The van der Waals surface area contributed by atoms with Crippen molar-refractivity contribution in [2.75, 3.05) is 27.2 Å². The second-order valence-corrected chi connectivity index (χ2v) is 7.52. The third kappa shape index (κ3) is 3.49. The largest absolute Gasteiger partial charge is 0.497 e. The molecule has 4 rings (SSSR count). The van der Waals surface area contributed by atoms with Gasteiger partial charge in [-0.2, -0.15) is 0 Å². The van der Waals surface area contributed by atoms with Crippen LogP contribution < -0.4 is 9.47 Å². The molecule has 3 aromatic rings. The fourth-order valence-corrected chi connectivity index (χ4v) is 4.50. The van der Waals surface area contributed by atoms with E-state index in [0.29, 0.717) is 23.5 Å². The molecule has 0 unspecified atom stereocenters. The topological polar surface area (TPSA) is 80.9 Å². The van der Waals surface area contributed by atoms with Gasteiger partial charge in [0.05, 0.1) is 21.3 Å². The van der Waals surface area contributed by atoms with E-state index >= 15 is 0 Å². The second kappa shape index (κ2) is 8.51. The lowest BCUT2D eigenvalue weighted by molar-refractivity contribution is -0.154. The summed E-state index contributed by atoms with van der Waals surface area (Å²) in [4.78, 5) is 30.8. The molecule has 1 aliphatic rings. The lowest BCUT2D eigenvalue weighted by atomic mass is 9.87. The molecule has 162 valence electrons. The number of aromatic nitrogens is 1. The van der Waals surface area contributed by atoms with E-state index in [1.54, 1.807) is 26.4 Å². The fraction of sp³-hybridized carbons (Fsp3) is 0.304. The molecular weight excluding hydrogens is 420 g/mol. The molecule has 8 heteroatoms. The molecule has 1 N–H and O–H groups in total. The number of hydrogen-bond acceptors (Lipinski definition) is 5. The molecule has 0 saturated carbocycles. The van der Waals surface area contributed by atoms with Gasteiger partial charge in [-0.1, -0.05) is 18.2 Å². The van der Waals surface area contributed by atoms with Gasteiger partial charge in [-0.05, 0) is 29.8 Å². The summed E-state index contributed by atoms with van der Waals surface area (Å²) >= 11 is 5.98. The van der Waals surface area contributed by atoms with E-state index in [1.165, 1.54) is 12.0 Å². The Morgan fingerprint density at radius 2 is 1.90 bits per heavy atom. The zero-order chi connectivity index (χ0) is 22.1. The van der Waals surface area contributed by atoms with Crippen molar-refractivity contribution in [1.29, 1.82) is 0 Å². The summed E-state index contributed by atoms with van der Waals surface area (Å²) < 4.78 is 16.1. The van der Waals surface area contributed by atoms with E-state index in [0.717, 1.165) is 22.2 Å².